The number of fused-ring (bicyclic) bond motifs is 1. The summed E-state index contributed by atoms with van der Waals surface area (Å²) in [5.41, 5.74) is 5.47. The standard InChI is InChI=1S/C23H30N2S/c1-4-6-15-25(3)16-23-21(20-9-7-8-10-22(20)24-23)17-26-19-13-11-18(5-2)12-14-19/h7-14,24H,4-6,15-17H2,1-3H3. The van der Waals surface area contributed by atoms with Crippen molar-refractivity contribution >= 4 is 22.7 Å². The fourth-order valence-corrected chi connectivity index (χ4v) is 4.28. The number of hydrogen-bond donors (Lipinski definition) is 1. The van der Waals surface area contributed by atoms with Gasteiger partial charge in [-0.15, -0.1) is 11.8 Å². The van der Waals surface area contributed by atoms with E-state index in [1.165, 1.54) is 45.5 Å². The lowest BCUT2D eigenvalue weighted by atomic mass is 10.1. The van der Waals surface area contributed by atoms with E-state index >= 15 is 0 Å². The predicted molar refractivity (Wildman–Crippen MR) is 115 cm³/mol. The number of nitrogens with zero attached hydrogens (tertiary/aromatic N) is 1. The average Bonchev–Trinajstić information content (AvgIpc) is 3.02. The molecule has 1 N–H and O–H groups in total. The fourth-order valence-electron chi connectivity index (χ4n) is 3.31. The van der Waals surface area contributed by atoms with E-state index in [0.29, 0.717) is 0 Å². The van der Waals surface area contributed by atoms with E-state index in [-0.39, 0.29) is 0 Å². The van der Waals surface area contributed by atoms with Gasteiger partial charge in [-0.25, -0.2) is 0 Å². The highest BCUT2D eigenvalue weighted by molar-refractivity contribution is 7.98. The zero-order valence-electron chi connectivity index (χ0n) is 16.2. The van der Waals surface area contributed by atoms with E-state index in [9.17, 15) is 0 Å². The number of H-pyrrole nitrogens is 1. The molecular weight excluding hydrogens is 336 g/mol. The molecule has 0 atom stereocenters. The van der Waals surface area contributed by atoms with Crippen molar-refractivity contribution < 1.29 is 0 Å². The summed E-state index contributed by atoms with van der Waals surface area (Å²) in [6, 6.07) is 17.7. The molecule has 3 aromatic rings. The van der Waals surface area contributed by atoms with Crippen LogP contribution in [-0.4, -0.2) is 23.5 Å². The van der Waals surface area contributed by atoms with Crippen molar-refractivity contribution in [3.8, 4) is 0 Å². The third-order valence-corrected chi connectivity index (χ3v) is 5.98. The number of unbranched alkanes of at least 4 members (excludes halogenated alkanes) is 1. The molecule has 26 heavy (non-hydrogen) atoms. The Balaban J connectivity index is 1.79. The molecular formula is C23H30N2S. The van der Waals surface area contributed by atoms with Gasteiger partial charge < -0.3 is 9.88 Å². The molecule has 0 aliphatic rings. The second-order valence-corrected chi connectivity index (χ2v) is 8.05. The van der Waals surface area contributed by atoms with Gasteiger partial charge in [0, 0.05) is 33.8 Å². The molecule has 0 spiro atoms. The predicted octanol–water partition coefficient (Wildman–Crippen LogP) is 6.25. The summed E-state index contributed by atoms with van der Waals surface area (Å²) in [6.45, 7) is 6.59. The van der Waals surface area contributed by atoms with Gasteiger partial charge in [-0.2, -0.15) is 0 Å². The molecule has 138 valence electrons. The summed E-state index contributed by atoms with van der Waals surface area (Å²) >= 11 is 1.93. The highest BCUT2D eigenvalue weighted by atomic mass is 32.2. The Morgan fingerprint density at radius 1 is 1.00 bits per heavy atom. The Bertz CT molecular complexity index is 820. The van der Waals surface area contributed by atoms with Crippen LogP contribution in [0.25, 0.3) is 10.9 Å². The van der Waals surface area contributed by atoms with Crippen LogP contribution in [0.4, 0.5) is 0 Å². The first-order valence-electron chi connectivity index (χ1n) is 9.70. The highest BCUT2D eigenvalue weighted by Crippen LogP contribution is 2.30. The summed E-state index contributed by atoms with van der Waals surface area (Å²) in [4.78, 5) is 7.45. The summed E-state index contributed by atoms with van der Waals surface area (Å²) < 4.78 is 0. The molecule has 0 saturated carbocycles. The first-order valence-corrected chi connectivity index (χ1v) is 10.7. The van der Waals surface area contributed by atoms with Gasteiger partial charge in [-0.05, 0) is 55.8 Å². The van der Waals surface area contributed by atoms with E-state index in [2.05, 4.69) is 79.3 Å². The van der Waals surface area contributed by atoms with Crippen LogP contribution in [0, 0.1) is 0 Å². The largest absolute Gasteiger partial charge is 0.357 e. The fraction of sp³-hybridized carbons (Fsp3) is 0.391. The third-order valence-electron chi connectivity index (χ3n) is 4.94. The van der Waals surface area contributed by atoms with Crippen molar-refractivity contribution in [1.29, 1.82) is 0 Å². The highest BCUT2D eigenvalue weighted by Gasteiger charge is 2.13. The summed E-state index contributed by atoms with van der Waals surface area (Å²) in [5, 5.41) is 1.36. The molecule has 0 saturated heterocycles. The molecule has 2 aromatic carbocycles. The minimum atomic E-state index is 0.985. The number of para-hydroxylation sites is 1. The van der Waals surface area contributed by atoms with E-state index in [1.54, 1.807) is 0 Å². The Kier molecular flexibility index (Phi) is 6.81. The number of thioether (sulfide) groups is 1. The Morgan fingerprint density at radius 3 is 2.50 bits per heavy atom. The number of aryl methyl sites for hydroxylation is 1. The summed E-state index contributed by atoms with van der Waals surface area (Å²) in [7, 11) is 2.22. The van der Waals surface area contributed by atoms with Gasteiger partial charge in [0.25, 0.3) is 0 Å². The molecule has 0 amide bonds. The molecule has 0 unspecified atom stereocenters. The van der Waals surface area contributed by atoms with Crippen LogP contribution in [0.2, 0.25) is 0 Å². The van der Waals surface area contributed by atoms with E-state index in [4.69, 9.17) is 0 Å². The van der Waals surface area contributed by atoms with Crippen molar-refractivity contribution in [2.75, 3.05) is 13.6 Å². The number of nitrogens with one attached hydrogen (secondary N) is 1. The van der Waals surface area contributed by atoms with E-state index in [1.807, 2.05) is 11.8 Å². The van der Waals surface area contributed by atoms with Crippen LogP contribution < -0.4 is 0 Å². The monoisotopic (exact) mass is 366 g/mol. The molecule has 0 aliphatic heterocycles. The van der Waals surface area contributed by atoms with E-state index in [0.717, 1.165) is 25.3 Å². The molecule has 1 aromatic heterocycles. The number of hydrogen-bond acceptors (Lipinski definition) is 2. The van der Waals surface area contributed by atoms with Crippen LogP contribution in [0.3, 0.4) is 0 Å². The van der Waals surface area contributed by atoms with Crippen molar-refractivity contribution in [2.45, 2.75) is 50.3 Å². The van der Waals surface area contributed by atoms with Crippen molar-refractivity contribution in [3.63, 3.8) is 0 Å². The molecule has 0 bridgehead atoms. The zero-order chi connectivity index (χ0) is 18.4. The van der Waals surface area contributed by atoms with Gasteiger partial charge >= 0.3 is 0 Å². The van der Waals surface area contributed by atoms with Gasteiger partial charge in [0.2, 0.25) is 0 Å². The minimum absolute atomic E-state index is 0.985. The Hall–Kier alpha value is -1.71. The lowest BCUT2D eigenvalue weighted by Crippen LogP contribution is -2.19. The first-order chi connectivity index (χ1) is 12.7. The molecule has 0 aliphatic carbocycles. The maximum Gasteiger partial charge on any atom is 0.0459 e. The topological polar surface area (TPSA) is 19.0 Å². The normalized spacial score (nSPS) is 11.5. The summed E-state index contributed by atoms with van der Waals surface area (Å²) in [6.07, 6.45) is 3.60. The van der Waals surface area contributed by atoms with Gasteiger partial charge in [0.15, 0.2) is 0 Å². The second kappa shape index (κ2) is 9.29. The summed E-state index contributed by atoms with van der Waals surface area (Å²) in [5.74, 6) is 1.01. The molecule has 2 nitrogen and oxygen atoms in total. The molecule has 3 heteroatoms. The number of aromatic amines is 1. The molecule has 3 rings (SSSR count). The Morgan fingerprint density at radius 2 is 1.77 bits per heavy atom. The molecule has 1 heterocycles. The number of rotatable bonds is 9. The van der Waals surface area contributed by atoms with Gasteiger partial charge in [-0.1, -0.05) is 50.6 Å². The molecule has 0 radical (unpaired) electrons. The van der Waals surface area contributed by atoms with Crippen LogP contribution in [0.15, 0.2) is 53.4 Å². The Labute approximate surface area is 162 Å². The van der Waals surface area contributed by atoms with E-state index < -0.39 is 0 Å². The van der Waals surface area contributed by atoms with Crippen LogP contribution >= 0.6 is 11.8 Å². The maximum atomic E-state index is 3.67. The first kappa shape index (κ1) is 19.1. The zero-order valence-corrected chi connectivity index (χ0v) is 17.0. The van der Waals surface area contributed by atoms with Gasteiger partial charge in [-0.3, -0.25) is 0 Å². The van der Waals surface area contributed by atoms with Crippen LogP contribution in [0.1, 0.15) is 43.5 Å². The minimum Gasteiger partial charge on any atom is -0.357 e. The maximum absolute atomic E-state index is 3.67. The quantitative estimate of drug-likeness (QED) is 0.451. The lowest BCUT2D eigenvalue weighted by Gasteiger charge is -2.16. The van der Waals surface area contributed by atoms with Crippen LogP contribution in [0.5, 0.6) is 0 Å². The van der Waals surface area contributed by atoms with Gasteiger partial charge in [0.05, 0.1) is 0 Å². The number of benzene rings is 2. The SMILES string of the molecule is CCCCN(C)Cc1[nH]c2ccccc2c1CSc1ccc(CC)cc1. The van der Waals surface area contributed by atoms with Crippen molar-refractivity contribution in [1.82, 2.24) is 9.88 Å². The number of aromatic nitrogens is 1. The van der Waals surface area contributed by atoms with Crippen molar-refractivity contribution in [3.05, 3.63) is 65.4 Å². The average molecular weight is 367 g/mol. The second-order valence-electron chi connectivity index (χ2n) is 7.01. The van der Waals surface area contributed by atoms with Crippen LogP contribution in [-0.2, 0) is 18.7 Å². The molecule has 0 fully saturated rings. The third kappa shape index (κ3) is 4.72. The van der Waals surface area contributed by atoms with Gasteiger partial charge in [0.1, 0.15) is 0 Å². The smallest absolute Gasteiger partial charge is 0.0459 e. The lowest BCUT2D eigenvalue weighted by molar-refractivity contribution is 0.317. The van der Waals surface area contributed by atoms with Crippen molar-refractivity contribution in [2.24, 2.45) is 0 Å².